The van der Waals surface area contributed by atoms with Crippen molar-refractivity contribution < 1.29 is 27.5 Å². The lowest BCUT2D eigenvalue weighted by Gasteiger charge is -2.26. The van der Waals surface area contributed by atoms with Crippen molar-refractivity contribution in [2.24, 2.45) is 4.99 Å². The van der Waals surface area contributed by atoms with E-state index in [1.807, 2.05) is 0 Å². The number of amidine groups is 1. The number of fused-ring (bicyclic) bond motifs is 1. The number of hydrogen-bond acceptors (Lipinski definition) is 4. The molecule has 160 valence electrons. The normalized spacial score (nSPS) is 19.7. The number of rotatable bonds is 3. The summed E-state index contributed by atoms with van der Waals surface area (Å²) in [5, 5.41) is 0. The average molecular weight is 422 g/mol. The number of hydrogen-bond donors (Lipinski definition) is 0. The van der Waals surface area contributed by atoms with Crippen LogP contribution in [-0.4, -0.2) is 58.8 Å². The zero-order valence-electron chi connectivity index (χ0n) is 16.2. The molecule has 4 rings (SSSR count). The molecule has 3 heterocycles. The van der Waals surface area contributed by atoms with Crippen molar-refractivity contribution in [2.45, 2.75) is 32.0 Å². The number of amides is 3. The third-order valence-electron chi connectivity index (χ3n) is 5.33. The van der Waals surface area contributed by atoms with Crippen LogP contribution in [0.1, 0.15) is 30.4 Å². The number of ether oxygens (including phenoxy) is 1. The predicted octanol–water partition coefficient (Wildman–Crippen LogP) is 3.18. The third kappa shape index (κ3) is 4.12. The van der Waals surface area contributed by atoms with Crippen molar-refractivity contribution >= 4 is 18.0 Å². The number of aliphatic imine (C=N–C) groups is 1. The van der Waals surface area contributed by atoms with Crippen molar-refractivity contribution in [2.75, 3.05) is 26.2 Å². The van der Waals surface area contributed by atoms with Crippen molar-refractivity contribution in [1.82, 2.24) is 14.7 Å². The molecule has 3 amide bonds. The fourth-order valence-corrected chi connectivity index (χ4v) is 3.74. The molecule has 3 aliphatic rings. The zero-order valence-corrected chi connectivity index (χ0v) is 16.2. The molecule has 0 radical (unpaired) electrons. The van der Waals surface area contributed by atoms with Crippen LogP contribution in [0.15, 0.2) is 41.2 Å². The Balaban J connectivity index is 1.46. The molecule has 0 saturated carbocycles. The Morgan fingerprint density at radius 2 is 1.80 bits per heavy atom. The molecule has 0 atom stereocenters. The van der Waals surface area contributed by atoms with E-state index in [1.165, 1.54) is 29.3 Å². The van der Waals surface area contributed by atoms with Gasteiger partial charge in [0.1, 0.15) is 0 Å². The maximum atomic E-state index is 13.2. The Morgan fingerprint density at radius 1 is 1.07 bits per heavy atom. The Hall–Kier alpha value is -3.04. The Labute approximate surface area is 171 Å². The maximum Gasteiger partial charge on any atom is 0.416 e. The first-order valence-electron chi connectivity index (χ1n) is 9.81. The van der Waals surface area contributed by atoms with E-state index < -0.39 is 17.8 Å². The van der Waals surface area contributed by atoms with E-state index in [4.69, 9.17) is 4.74 Å². The third-order valence-corrected chi connectivity index (χ3v) is 5.33. The molecule has 1 aromatic rings. The largest absolute Gasteiger partial charge is 0.418 e. The summed E-state index contributed by atoms with van der Waals surface area (Å²) in [4.78, 5) is 33.5. The van der Waals surface area contributed by atoms with Gasteiger partial charge in [0.2, 0.25) is 5.76 Å². The molecule has 0 N–H and O–H groups in total. The number of nitrogens with zero attached hydrogens (tertiary/aromatic N) is 4. The van der Waals surface area contributed by atoms with Gasteiger partial charge in [-0.05, 0) is 30.9 Å². The second kappa shape index (κ2) is 8.00. The summed E-state index contributed by atoms with van der Waals surface area (Å²) < 4.78 is 45.2. The van der Waals surface area contributed by atoms with Crippen LogP contribution in [0.2, 0.25) is 0 Å². The number of urea groups is 1. The van der Waals surface area contributed by atoms with Gasteiger partial charge in [0.15, 0.2) is 0 Å². The van der Waals surface area contributed by atoms with Gasteiger partial charge in [-0.25, -0.2) is 4.79 Å². The number of alkyl halides is 3. The molecule has 0 unspecified atom stereocenters. The van der Waals surface area contributed by atoms with Gasteiger partial charge in [-0.1, -0.05) is 18.2 Å². The van der Waals surface area contributed by atoms with E-state index in [0.29, 0.717) is 13.1 Å². The van der Waals surface area contributed by atoms with Crippen LogP contribution < -0.4 is 0 Å². The molecule has 1 aromatic carbocycles. The summed E-state index contributed by atoms with van der Waals surface area (Å²) in [7, 11) is 0. The molecular weight excluding hydrogens is 401 g/mol. The first-order chi connectivity index (χ1) is 14.3. The highest BCUT2D eigenvalue weighted by molar-refractivity contribution is 6.00. The van der Waals surface area contributed by atoms with E-state index in [-0.39, 0.29) is 42.9 Å². The van der Waals surface area contributed by atoms with Crippen LogP contribution in [0.4, 0.5) is 18.0 Å². The maximum absolute atomic E-state index is 13.2. The SMILES string of the molecule is O=C1N=C2OC(C(=O)N3CCCCC3)=CN2CCN1Cc1ccccc1C(F)(F)F. The first kappa shape index (κ1) is 20.2. The van der Waals surface area contributed by atoms with E-state index in [1.54, 1.807) is 9.80 Å². The standard InChI is InChI=1S/C20H21F3N4O3/c21-20(22,23)15-7-3-2-6-14(15)12-26-10-11-27-13-16(30-19(27)24-18(26)29)17(28)25-8-4-1-5-9-25/h2-3,6-7,13H,1,4-5,8-12H2. The van der Waals surface area contributed by atoms with Crippen LogP contribution >= 0.6 is 0 Å². The van der Waals surface area contributed by atoms with Crippen molar-refractivity contribution in [3.8, 4) is 0 Å². The summed E-state index contributed by atoms with van der Waals surface area (Å²) in [5.41, 5.74) is -0.779. The highest BCUT2D eigenvalue weighted by Crippen LogP contribution is 2.32. The number of halogens is 3. The van der Waals surface area contributed by atoms with Gasteiger partial charge < -0.3 is 14.5 Å². The summed E-state index contributed by atoms with van der Waals surface area (Å²) in [6.45, 7) is 1.51. The first-order valence-corrected chi connectivity index (χ1v) is 9.81. The summed E-state index contributed by atoms with van der Waals surface area (Å²) in [5.74, 6) is -0.131. The highest BCUT2D eigenvalue weighted by atomic mass is 19.4. The Morgan fingerprint density at radius 3 is 2.53 bits per heavy atom. The van der Waals surface area contributed by atoms with Crippen LogP contribution in [0, 0.1) is 0 Å². The van der Waals surface area contributed by atoms with Gasteiger partial charge in [0.05, 0.1) is 11.8 Å². The molecule has 30 heavy (non-hydrogen) atoms. The minimum absolute atomic E-state index is 0.00182. The van der Waals surface area contributed by atoms with Gasteiger partial charge in [0.25, 0.3) is 5.91 Å². The van der Waals surface area contributed by atoms with Crippen molar-refractivity contribution in [1.29, 1.82) is 0 Å². The second-order valence-corrected chi connectivity index (χ2v) is 7.40. The fraction of sp³-hybridized carbons (Fsp3) is 0.450. The van der Waals surface area contributed by atoms with E-state index in [9.17, 15) is 22.8 Å². The lowest BCUT2D eigenvalue weighted by molar-refractivity contribution is -0.138. The predicted molar refractivity (Wildman–Crippen MR) is 101 cm³/mol. The average Bonchev–Trinajstić information content (AvgIpc) is 3.07. The topological polar surface area (TPSA) is 65.5 Å². The van der Waals surface area contributed by atoms with Gasteiger partial charge >= 0.3 is 18.2 Å². The minimum atomic E-state index is -4.51. The monoisotopic (exact) mass is 422 g/mol. The fourth-order valence-electron chi connectivity index (χ4n) is 3.74. The number of benzene rings is 1. The van der Waals surface area contributed by atoms with Crippen LogP contribution in [0.3, 0.4) is 0 Å². The molecule has 0 spiro atoms. The smallest absolute Gasteiger partial charge is 0.416 e. The van der Waals surface area contributed by atoms with Gasteiger partial charge in [-0.15, -0.1) is 4.99 Å². The lowest BCUT2D eigenvalue weighted by Crippen LogP contribution is -2.36. The molecule has 10 heteroatoms. The second-order valence-electron chi connectivity index (χ2n) is 7.40. The van der Waals surface area contributed by atoms with E-state index in [2.05, 4.69) is 4.99 Å². The van der Waals surface area contributed by atoms with E-state index >= 15 is 0 Å². The van der Waals surface area contributed by atoms with Crippen LogP contribution in [0.5, 0.6) is 0 Å². The Bertz CT molecular complexity index is 907. The zero-order chi connectivity index (χ0) is 21.3. The molecule has 3 aliphatic heterocycles. The molecule has 7 nitrogen and oxygen atoms in total. The lowest BCUT2D eigenvalue weighted by atomic mass is 10.1. The number of carbonyl (C=O) groups excluding carboxylic acids is 2. The molecule has 0 bridgehead atoms. The number of likely N-dealkylation sites (tertiary alicyclic amines) is 1. The van der Waals surface area contributed by atoms with Gasteiger partial charge in [0, 0.05) is 32.7 Å². The molecule has 1 saturated heterocycles. The summed E-state index contributed by atoms with van der Waals surface area (Å²) in [6, 6.07) is 4.43. The molecular formula is C20H21F3N4O3. The molecule has 0 aromatic heterocycles. The van der Waals surface area contributed by atoms with E-state index in [0.717, 1.165) is 25.3 Å². The number of carbonyl (C=O) groups is 2. The summed E-state index contributed by atoms with van der Waals surface area (Å²) in [6.07, 6.45) is -0.0272. The number of piperidine rings is 1. The highest BCUT2D eigenvalue weighted by Gasteiger charge is 2.36. The molecule has 1 fully saturated rings. The minimum Gasteiger partial charge on any atom is -0.418 e. The van der Waals surface area contributed by atoms with Crippen molar-refractivity contribution in [3.63, 3.8) is 0 Å². The van der Waals surface area contributed by atoms with Crippen molar-refractivity contribution in [3.05, 3.63) is 47.4 Å². The van der Waals surface area contributed by atoms with Crippen LogP contribution in [0.25, 0.3) is 0 Å². The molecule has 0 aliphatic carbocycles. The van der Waals surface area contributed by atoms with Gasteiger partial charge in [-0.3, -0.25) is 9.69 Å². The Kier molecular flexibility index (Phi) is 5.40. The quantitative estimate of drug-likeness (QED) is 0.751. The van der Waals surface area contributed by atoms with Crippen LogP contribution in [-0.2, 0) is 22.3 Å². The van der Waals surface area contributed by atoms with Gasteiger partial charge in [-0.2, -0.15) is 13.2 Å². The summed E-state index contributed by atoms with van der Waals surface area (Å²) >= 11 is 0.